The summed E-state index contributed by atoms with van der Waals surface area (Å²) in [4.78, 5) is 13.0. The van der Waals surface area contributed by atoms with Crippen molar-refractivity contribution in [1.29, 1.82) is 0 Å². The lowest BCUT2D eigenvalue weighted by Gasteiger charge is -2.42. The van der Waals surface area contributed by atoms with Crippen molar-refractivity contribution in [3.63, 3.8) is 0 Å². The normalized spacial score (nSPS) is 26.7. The first-order chi connectivity index (χ1) is 31.6. The number of carbonyl (C=O) groups excluding carboxylic acids is 1. The summed E-state index contributed by atoms with van der Waals surface area (Å²) in [7, 11) is 0. The zero-order valence-corrected chi connectivity index (χ0v) is 40.5. The van der Waals surface area contributed by atoms with Crippen molar-refractivity contribution in [3.8, 4) is 0 Å². The second-order valence-electron chi connectivity index (χ2n) is 18.3. The molecule has 0 aromatic carbocycles. The van der Waals surface area contributed by atoms with Gasteiger partial charge < -0.3 is 64.2 Å². The van der Waals surface area contributed by atoms with Crippen molar-refractivity contribution in [3.05, 3.63) is 24.3 Å². The van der Waals surface area contributed by atoms with Crippen LogP contribution < -0.4 is 0 Å². The van der Waals surface area contributed by atoms with Gasteiger partial charge in [0.25, 0.3) is 0 Å². The van der Waals surface area contributed by atoms with E-state index in [-0.39, 0.29) is 25.6 Å². The molecule has 11 unspecified atom stereocenters. The Bertz CT molecular complexity index is 1170. The molecule has 0 spiro atoms. The third-order valence-corrected chi connectivity index (χ3v) is 12.4. The highest BCUT2D eigenvalue weighted by molar-refractivity contribution is 5.69. The topological polar surface area (TPSA) is 214 Å². The third kappa shape index (κ3) is 27.3. The van der Waals surface area contributed by atoms with Crippen LogP contribution in [0.2, 0.25) is 0 Å². The van der Waals surface area contributed by atoms with Crippen LogP contribution >= 0.6 is 0 Å². The van der Waals surface area contributed by atoms with E-state index in [0.717, 1.165) is 64.2 Å². The third-order valence-electron chi connectivity index (χ3n) is 12.4. The summed E-state index contributed by atoms with van der Waals surface area (Å²) in [5.74, 6) is -0.388. The molecule has 2 fully saturated rings. The van der Waals surface area contributed by atoms with Crippen molar-refractivity contribution < 1.29 is 69.0 Å². The van der Waals surface area contributed by atoms with E-state index < -0.39 is 80.7 Å². The minimum absolute atomic E-state index is 0.0598. The fourth-order valence-electron chi connectivity index (χ4n) is 8.21. The Labute approximate surface area is 392 Å². The Morgan fingerprint density at radius 3 is 1.54 bits per heavy atom. The molecule has 0 amide bonds. The lowest BCUT2D eigenvalue weighted by molar-refractivity contribution is -0.332. The first-order valence-corrected chi connectivity index (χ1v) is 25.9. The SMILES string of the molecule is CCC/C=C\C/C=C\CCCCCCCC(=O)OC(COCCCCCCCCCCCCCCCCCCCC)COC1OC(COC2OC(CO)C(O)C(O)C2O)C(O)C(O)C1O. The number of unbranched alkanes of at least 4 members (excludes halogenated alkanes) is 23. The fourth-order valence-corrected chi connectivity index (χ4v) is 8.21. The van der Waals surface area contributed by atoms with Crippen molar-refractivity contribution >= 4 is 5.97 Å². The molecule has 382 valence electrons. The van der Waals surface area contributed by atoms with Crippen LogP contribution in [0, 0.1) is 0 Å². The molecule has 7 N–H and O–H groups in total. The Morgan fingerprint density at radius 1 is 0.508 bits per heavy atom. The fraction of sp³-hybridized carbons (Fsp3) is 0.902. The van der Waals surface area contributed by atoms with Gasteiger partial charge in [-0.15, -0.1) is 0 Å². The molecule has 14 nitrogen and oxygen atoms in total. The molecule has 0 saturated carbocycles. The average molecular weight is 931 g/mol. The predicted octanol–water partition coefficient (Wildman–Crippen LogP) is 7.63. The smallest absolute Gasteiger partial charge is 0.306 e. The zero-order chi connectivity index (χ0) is 47.3. The number of esters is 1. The van der Waals surface area contributed by atoms with Gasteiger partial charge in [-0.05, 0) is 38.5 Å². The molecule has 2 saturated heterocycles. The van der Waals surface area contributed by atoms with Crippen molar-refractivity contribution in [2.24, 2.45) is 0 Å². The zero-order valence-electron chi connectivity index (χ0n) is 40.5. The van der Waals surface area contributed by atoms with Crippen LogP contribution in [0.3, 0.4) is 0 Å². The van der Waals surface area contributed by atoms with Crippen molar-refractivity contribution in [2.75, 3.05) is 33.0 Å². The summed E-state index contributed by atoms with van der Waals surface area (Å²) in [6, 6.07) is 0. The van der Waals surface area contributed by atoms with E-state index >= 15 is 0 Å². The van der Waals surface area contributed by atoms with E-state index in [0.29, 0.717) is 13.0 Å². The van der Waals surface area contributed by atoms with Gasteiger partial charge in [0.1, 0.15) is 54.9 Å². The van der Waals surface area contributed by atoms with Crippen LogP contribution in [0.15, 0.2) is 24.3 Å². The molecule has 0 bridgehead atoms. The lowest BCUT2D eigenvalue weighted by Crippen LogP contribution is -2.61. The molecule has 2 heterocycles. The molecule has 14 heteroatoms. The van der Waals surface area contributed by atoms with Crippen LogP contribution in [0.5, 0.6) is 0 Å². The second-order valence-corrected chi connectivity index (χ2v) is 18.3. The summed E-state index contributed by atoms with van der Waals surface area (Å²) >= 11 is 0. The van der Waals surface area contributed by atoms with Gasteiger partial charge in [0, 0.05) is 13.0 Å². The summed E-state index contributed by atoms with van der Waals surface area (Å²) in [6.07, 6.45) is 25.3. The first-order valence-electron chi connectivity index (χ1n) is 25.9. The van der Waals surface area contributed by atoms with Crippen LogP contribution in [-0.2, 0) is 33.2 Å². The molecule has 0 aromatic heterocycles. The van der Waals surface area contributed by atoms with Crippen LogP contribution in [0.4, 0.5) is 0 Å². The summed E-state index contributed by atoms with van der Waals surface area (Å²) in [6.45, 7) is 3.63. The van der Waals surface area contributed by atoms with Crippen LogP contribution in [0.25, 0.3) is 0 Å². The molecule has 2 aliphatic rings. The highest BCUT2D eigenvalue weighted by Gasteiger charge is 2.47. The minimum atomic E-state index is -1.71. The molecule has 0 radical (unpaired) electrons. The van der Waals surface area contributed by atoms with E-state index in [4.69, 9.17) is 28.4 Å². The van der Waals surface area contributed by atoms with Gasteiger partial charge in [-0.25, -0.2) is 0 Å². The highest BCUT2D eigenvalue weighted by atomic mass is 16.7. The van der Waals surface area contributed by atoms with E-state index in [1.54, 1.807) is 0 Å². The Kier molecular flexibility index (Phi) is 36.1. The number of aliphatic hydroxyl groups is 7. The average Bonchev–Trinajstić information content (AvgIpc) is 3.30. The second kappa shape index (κ2) is 39.3. The van der Waals surface area contributed by atoms with Gasteiger partial charge in [-0.1, -0.05) is 173 Å². The van der Waals surface area contributed by atoms with Gasteiger partial charge in [-0.2, -0.15) is 0 Å². The molecular weight excluding hydrogens is 837 g/mol. The molecule has 2 aliphatic heterocycles. The van der Waals surface area contributed by atoms with Gasteiger partial charge >= 0.3 is 5.97 Å². The van der Waals surface area contributed by atoms with E-state index in [9.17, 15) is 40.5 Å². The molecule has 0 aromatic rings. The summed E-state index contributed by atoms with van der Waals surface area (Å²) in [5, 5.41) is 72.1. The van der Waals surface area contributed by atoms with Gasteiger partial charge in [0.05, 0.1) is 26.4 Å². The molecule has 0 aliphatic carbocycles. The Morgan fingerprint density at radius 2 is 0.985 bits per heavy atom. The van der Waals surface area contributed by atoms with E-state index in [2.05, 4.69) is 38.2 Å². The predicted molar refractivity (Wildman–Crippen MR) is 252 cm³/mol. The summed E-state index contributed by atoms with van der Waals surface area (Å²) < 4.78 is 34.3. The van der Waals surface area contributed by atoms with Crippen LogP contribution in [-0.4, -0.2) is 142 Å². The van der Waals surface area contributed by atoms with Crippen LogP contribution in [0.1, 0.15) is 194 Å². The maximum absolute atomic E-state index is 13.0. The number of hydrogen-bond donors (Lipinski definition) is 7. The monoisotopic (exact) mass is 931 g/mol. The van der Waals surface area contributed by atoms with Gasteiger partial charge in [-0.3, -0.25) is 4.79 Å². The molecule has 65 heavy (non-hydrogen) atoms. The molecule has 2 rings (SSSR count). The maximum atomic E-state index is 13.0. The highest BCUT2D eigenvalue weighted by Crippen LogP contribution is 2.26. The Balaban J connectivity index is 1.75. The van der Waals surface area contributed by atoms with Gasteiger partial charge in [0.15, 0.2) is 12.6 Å². The standard InChI is InChI=1S/C51H94O14/c1-3-5-7-9-11-13-15-17-18-19-20-21-23-25-27-29-31-33-35-60-37-40(63-43(53)34-32-30-28-26-24-22-16-14-12-10-8-6-4-2)38-61-50-49(59)47(57)45(55)42(65-50)39-62-51-48(58)46(56)44(54)41(36-52)64-51/h8,10,14,16,40-42,44-52,54-59H,3-7,9,11-13,15,17-39H2,1-2H3/b10-8-,16-14-. The molecule has 11 atom stereocenters. The van der Waals surface area contributed by atoms with E-state index in [1.807, 2.05) is 0 Å². The largest absolute Gasteiger partial charge is 0.457 e. The molecular formula is C51H94O14. The van der Waals surface area contributed by atoms with Crippen molar-refractivity contribution in [2.45, 2.75) is 261 Å². The number of ether oxygens (including phenoxy) is 6. The number of aliphatic hydroxyl groups excluding tert-OH is 7. The first kappa shape index (κ1) is 59.6. The number of rotatable bonds is 41. The minimum Gasteiger partial charge on any atom is -0.457 e. The number of carbonyl (C=O) groups is 1. The quantitative estimate of drug-likeness (QED) is 0.0179. The number of hydrogen-bond acceptors (Lipinski definition) is 14. The maximum Gasteiger partial charge on any atom is 0.306 e. The van der Waals surface area contributed by atoms with Gasteiger partial charge in [0.2, 0.25) is 0 Å². The van der Waals surface area contributed by atoms with Crippen molar-refractivity contribution in [1.82, 2.24) is 0 Å². The summed E-state index contributed by atoms with van der Waals surface area (Å²) in [5.41, 5.74) is 0. The number of allylic oxidation sites excluding steroid dienone is 4. The van der Waals surface area contributed by atoms with E-state index in [1.165, 1.54) is 103 Å². The Hall–Kier alpha value is -1.53. The lowest BCUT2D eigenvalue weighted by atomic mass is 9.98.